The molecule has 0 saturated heterocycles. The maximum atomic E-state index is 13.3. The molecule has 6 heteroatoms. The number of anilines is 1. The molecule has 0 heterocycles. The predicted octanol–water partition coefficient (Wildman–Crippen LogP) is 3.18. The molecule has 0 unspecified atom stereocenters. The van der Waals surface area contributed by atoms with E-state index in [4.69, 9.17) is 5.73 Å². The Morgan fingerprint density at radius 3 is 2.08 bits per heavy atom. The van der Waals surface area contributed by atoms with E-state index in [1.54, 1.807) is 24.3 Å². The number of sulfonamides is 1. The monoisotopic (exact) mass is 366 g/mol. The molecule has 0 aliphatic rings. The first-order valence-corrected chi connectivity index (χ1v) is 9.44. The second-order valence-corrected chi connectivity index (χ2v) is 7.59. The van der Waals surface area contributed by atoms with E-state index in [9.17, 15) is 13.2 Å². The Balaban J connectivity index is 2.08. The van der Waals surface area contributed by atoms with Crippen molar-refractivity contribution in [1.82, 2.24) is 0 Å². The van der Waals surface area contributed by atoms with Gasteiger partial charge in [0.15, 0.2) is 0 Å². The highest BCUT2D eigenvalue weighted by Gasteiger charge is 2.25. The van der Waals surface area contributed by atoms with E-state index in [2.05, 4.69) is 0 Å². The summed E-state index contributed by atoms with van der Waals surface area (Å²) in [6.45, 7) is 0.175. The maximum Gasteiger partial charge on any atom is 0.264 e. The van der Waals surface area contributed by atoms with Crippen LogP contribution in [0.15, 0.2) is 89.8 Å². The lowest BCUT2D eigenvalue weighted by Crippen LogP contribution is -2.30. The van der Waals surface area contributed by atoms with Gasteiger partial charge in [0.1, 0.15) is 0 Å². The van der Waals surface area contributed by atoms with Gasteiger partial charge in [-0.15, -0.1) is 0 Å². The van der Waals surface area contributed by atoms with E-state index in [1.165, 1.54) is 28.6 Å². The number of nitrogens with two attached hydrogens (primary N) is 1. The normalized spacial score (nSPS) is 11.1. The summed E-state index contributed by atoms with van der Waals surface area (Å²) < 4.78 is 27.9. The van der Waals surface area contributed by atoms with E-state index in [-0.39, 0.29) is 17.0 Å². The van der Waals surface area contributed by atoms with Crippen LogP contribution in [0.3, 0.4) is 0 Å². The highest BCUT2D eigenvalue weighted by molar-refractivity contribution is 7.92. The molecular formula is C20H18N2O3S. The maximum absolute atomic E-state index is 13.3. The van der Waals surface area contributed by atoms with Crippen LogP contribution < -0.4 is 10.0 Å². The number of hydrogen-bond donors (Lipinski definition) is 1. The van der Waals surface area contributed by atoms with Crippen LogP contribution in [0.25, 0.3) is 0 Å². The molecule has 1 amide bonds. The highest BCUT2D eigenvalue weighted by Crippen LogP contribution is 2.26. The Morgan fingerprint density at radius 1 is 0.846 bits per heavy atom. The largest absolute Gasteiger partial charge is 0.366 e. The second-order valence-electron chi connectivity index (χ2n) is 5.72. The van der Waals surface area contributed by atoms with Crippen LogP contribution in [0.1, 0.15) is 15.9 Å². The number of amides is 1. The Kier molecular flexibility index (Phi) is 5.04. The Bertz CT molecular complexity index is 1000. The van der Waals surface area contributed by atoms with Crippen LogP contribution in [0.4, 0.5) is 5.69 Å². The molecule has 0 aliphatic heterocycles. The lowest BCUT2D eigenvalue weighted by atomic mass is 10.2. The summed E-state index contributed by atoms with van der Waals surface area (Å²) in [6.07, 6.45) is 0. The van der Waals surface area contributed by atoms with E-state index in [0.717, 1.165) is 5.56 Å². The minimum atomic E-state index is -3.88. The van der Waals surface area contributed by atoms with Crippen LogP contribution >= 0.6 is 0 Å². The van der Waals surface area contributed by atoms with Crippen LogP contribution in [-0.2, 0) is 16.6 Å². The van der Waals surface area contributed by atoms with Crippen LogP contribution in [0.5, 0.6) is 0 Å². The minimum absolute atomic E-state index is 0.0218. The Hall–Kier alpha value is -3.12. The van der Waals surface area contributed by atoms with Gasteiger partial charge in [-0.05, 0) is 35.9 Å². The zero-order valence-electron chi connectivity index (χ0n) is 13.9. The zero-order valence-corrected chi connectivity index (χ0v) is 14.8. The molecule has 0 spiro atoms. The highest BCUT2D eigenvalue weighted by atomic mass is 32.2. The molecule has 0 bridgehead atoms. The lowest BCUT2D eigenvalue weighted by molar-refractivity contribution is 0.1000. The minimum Gasteiger partial charge on any atom is -0.366 e. The molecule has 0 aromatic heterocycles. The van der Waals surface area contributed by atoms with Gasteiger partial charge in [0.05, 0.1) is 17.1 Å². The van der Waals surface area contributed by atoms with Crippen LogP contribution in [0.2, 0.25) is 0 Å². The second kappa shape index (κ2) is 7.41. The first-order valence-electron chi connectivity index (χ1n) is 8.00. The fourth-order valence-electron chi connectivity index (χ4n) is 2.60. The molecule has 0 radical (unpaired) electrons. The van der Waals surface area contributed by atoms with Crippen molar-refractivity contribution < 1.29 is 13.2 Å². The number of primary amides is 1. The van der Waals surface area contributed by atoms with Crippen molar-refractivity contribution in [2.24, 2.45) is 5.73 Å². The van der Waals surface area contributed by atoms with Gasteiger partial charge < -0.3 is 5.73 Å². The summed E-state index contributed by atoms with van der Waals surface area (Å²) in [4.78, 5) is 11.4. The molecule has 132 valence electrons. The fraction of sp³-hybridized carbons (Fsp3) is 0.0500. The van der Waals surface area contributed by atoms with Gasteiger partial charge in [0, 0.05) is 5.56 Å². The molecule has 26 heavy (non-hydrogen) atoms. The van der Waals surface area contributed by atoms with Crippen molar-refractivity contribution in [1.29, 1.82) is 0 Å². The topological polar surface area (TPSA) is 80.5 Å². The number of carbonyl (C=O) groups is 1. The average molecular weight is 366 g/mol. The molecule has 5 nitrogen and oxygen atoms in total. The van der Waals surface area contributed by atoms with Gasteiger partial charge >= 0.3 is 0 Å². The molecule has 0 atom stereocenters. The van der Waals surface area contributed by atoms with E-state index < -0.39 is 15.9 Å². The Labute approximate surface area is 152 Å². The molecule has 2 N–H and O–H groups in total. The summed E-state index contributed by atoms with van der Waals surface area (Å²) in [5, 5.41) is 0. The number of para-hydroxylation sites is 1. The summed E-state index contributed by atoms with van der Waals surface area (Å²) in [5.41, 5.74) is 6.84. The Morgan fingerprint density at radius 2 is 1.46 bits per heavy atom. The first kappa shape index (κ1) is 17.7. The standard InChI is InChI=1S/C20H18N2O3S/c21-20(23)17-10-7-13-19(14-17)26(24,25)22(18-11-5-2-6-12-18)15-16-8-3-1-4-9-16/h1-14H,15H2,(H2,21,23). The lowest BCUT2D eigenvalue weighted by Gasteiger charge is -2.25. The third-order valence-electron chi connectivity index (χ3n) is 3.92. The first-order chi connectivity index (χ1) is 12.5. The van der Waals surface area contributed by atoms with Crippen LogP contribution in [-0.4, -0.2) is 14.3 Å². The van der Waals surface area contributed by atoms with Gasteiger partial charge in [0.25, 0.3) is 10.0 Å². The SMILES string of the molecule is NC(=O)c1cccc(S(=O)(=O)N(Cc2ccccc2)c2ccccc2)c1. The van der Waals surface area contributed by atoms with Gasteiger partial charge in [0.2, 0.25) is 5.91 Å². The summed E-state index contributed by atoms with van der Waals surface area (Å²) in [7, 11) is -3.88. The van der Waals surface area contributed by atoms with Gasteiger partial charge in [-0.1, -0.05) is 54.6 Å². The number of hydrogen-bond acceptors (Lipinski definition) is 3. The van der Waals surface area contributed by atoms with E-state index >= 15 is 0 Å². The molecule has 0 saturated carbocycles. The zero-order chi connectivity index (χ0) is 18.6. The summed E-state index contributed by atoms with van der Waals surface area (Å²) in [5.74, 6) is -0.670. The van der Waals surface area contributed by atoms with Crippen molar-refractivity contribution in [3.63, 3.8) is 0 Å². The number of benzene rings is 3. The number of carbonyl (C=O) groups excluding carboxylic acids is 1. The molecule has 0 aliphatic carbocycles. The fourth-order valence-corrected chi connectivity index (χ4v) is 4.09. The molecular weight excluding hydrogens is 348 g/mol. The van der Waals surface area contributed by atoms with Gasteiger partial charge in [-0.3, -0.25) is 9.10 Å². The predicted molar refractivity (Wildman–Crippen MR) is 101 cm³/mol. The van der Waals surface area contributed by atoms with Gasteiger partial charge in [-0.25, -0.2) is 8.42 Å². The number of nitrogens with zero attached hydrogens (tertiary/aromatic N) is 1. The van der Waals surface area contributed by atoms with Crippen molar-refractivity contribution >= 4 is 21.6 Å². The average Bonchev–Trinajstić information content (AvgIpc) is 2.67. The van der Waals surface area contributed by atoms with Crippen molar-refractivity contribution in [2.75, 3.05) is 4.31 Å². The third-order valence-corrected chi connectivity index (χ3v) is 5.69. The molecule has 3 aromatic carbocycles. The van der Waals surface area contributed by atoms with Crippen molar-refractivity contribution in [2.45, 2.75) is 11.4 Å². The summed E-state index contributed by atoms with van der Waals surface area (Å²) in [6, 6.07) is 24.0. The quantitative estimate of drug-likeness (QED) is 0.727. The third kappa shape index (κ3) is 3.75. The van der Waals surface area contributed by atoms with Gasteiger partial charge in [-0.2, -0.15) is 0 Å². The van der Waals surface area contributed by atoms with Crippen molar-refractivity contribution in [3.8, 4) is 0 Å². The van der Waals surface area contributed by atoms with E-state index in [1.807, 2.05) is 36.4 Å². The summed E-state index contributed by atoms with van der Waals surface area (Å²) >= 11 is 0. The van der Waals surface area contributed by atoms with Crippen LogP contribution in [0, 0.1) is 0 Å². The smallest absolute Gasteiger partial charge is 0.264 e. The number of rotatable bonds is 6. The molecule has 3 rings (SSSR count). The van der Waals surface area contributed by atoms with E-state index in [0.29, 0.717) is 5.69 Å². The van der Waals surface area contributed by atoms with Crippen molar-refractivity contribution in [3.05, 3.63) is 96.1 Å². The molecule has 0 fully saturated rings. The molecule has 3 aromatic rings.